The van der Waals surface area contributed by atoms with Gasteiger partial charge >= 0.3 is 0 Å². The Bertz CT molecular complexity index is 638. The number of anilines is 1. The van der Waals surface area contributed by atoms with E-state index < -0.39 is 0 Å². The van der Waals surface area contributed by atoms with Gasteiger partial charge in [0.2, 0.25) is 0 Å². The van der Waals surface area contributed by atoms with Gasteiger partial charge in [-0.2, -0.15) is 0 Å². The molecular formula is C15H17N3S. The zero-order valence-electron chi connectivity index (χ0n) is 11.0. The number of hydrogen-bond acceptors (Lipinski definition) is 3. The lowest BCUT2D eigenvalue weighted by Gasteiger charge is -2.19. The van der Waals surface area contributed by atoms with Gasteiger partial charge < -0.3 is 10.6 Å². The molecule has 0 aliphatic carbocycles. The molecule has 1 fully saturated rings. The smallest absolute Gasteiger partial charge is 0.129 e. The Labute approximate surface area is 118 Å². The molecule has 3 nitrogen and oxygen atoms in total. The van der Waals surface area contributed by atoms with Gasteiger partial charge in [-0.05, 0) is 24.5 Å². The molecule has 0 radical (unpaired) electrons. The Morgan fingerprint density at radius 2 is 2.21 bits per heavy atom. The maximum atomic E-state index is 5.86. The van der Waals surface area contributed by atoms with E-state index in [0.717, 1.165) is 41.3 Å². The Morgan fingerprint density at radius 3 is 2.89 bits per heavy atom. The maximum absolute atomic E-state index is 5.86. The van der Waals surface area contributed by atoms with Crippen molar-refractivity contribution in [3.63, 3.8) is 0 Å². The minimum Gasteiger partial charge on any atom is -0.389 e. The second-order valence-corrected chi connectivity index (χ2v) is 5.69. The Kier molecular flexibility index (Phi) is 3.11. The maximum Gasteiger partial charge on any atom is 0.129 e. The Balaban J connectivity index is 2.13. The normalized spacial score (nSPS) is 19.0. The predicted octanol–water partition coefficient (Wildman–Crippen LogP) is 2.72. The van der Waals surface area contributed by atoms with E-state index in [1.807, 2.05) is 30.3 Å². The number of thiocarbonyl (C=S) groups is 1. The number of para-hydroxylation sites is 1. The number of aromatic nitrogens is 1. The molecule has 0 amide bonds. The van der Waals surface area contributed by atoms with Crippen LogP contribution >= 0.6 is 12.2 Å². The summed E-state index contributed by atoms with van der Waals surface area (Å²) in [4.78, 5) is 7.50. The Morgan fingerprint density at radius 1 is 1.42 bits per heavy atom. The molecule has 1 aromatic heterocycles. The van der Waals surface area contributed by atoms with Crippen molar-refractivity contribution >= 4 is 33.9 Å². The van der Waals surface area contributed by atoms with Crippen LogP contribution in [0, 0.1) is 5.92 Å². The molecule has 0 bridgehead atoms. The van der Waals surface area contributed by atoms with E-state index in [1.54, 1.807) is 0 Å². The van der Waals surface area contributed by atoms with E-state index in [1.165, 1.54) is 6.42 Å². The zero-order valence-corrected chi connectivity index (χ0v) is 11.8. The van der Waals surface area contributed by atoms with Gasteiger partial charge in [-0.15, -0.1) is 0 Å². The van der Waals surface area contributed by atoms with E-state index in [0.29, 0.717) is 4.99 Å². The van der Waals surface area contributed by atoms with Crippen molar-refractivity contribution in [2.75, 3.05) is 18.0 Å². The zero-order chi connectivity index (χ0) is 13.4. The van der Waals surface area contributed by atoms with Crippen molar-refractivity contribution in [1.82, 2.24) is 4.98 Å². The highest BCUT2D eigenvalue weighted by Gasteiger charge is 2.21. The van der Waals surface area contributed by atoms with Crippen molar-refractivity contribution in [3.05, 3.63) is 35.9 Å². The fourth-order valence-electron chi connectivity index (χ4n) is 2.67. The van der Waals surface area contributed by atoms with Gasteiger partial charge in [0.15, 0.2) is 0 Å². The molecule has 2 aromatic rings. The van der Waals surface area contributed by atoms with Crippen LogP contribution in [0.2, 0.25) is 0 Å². The fraction of sp³-hybridized carbons (Fsp3) is 0.333. The first-order chi connectivity index (χ1) is 9.15. The molecule has 2 N–H and O–H groups in total. The first kappa shape index (κ1) is 12.4. The minimum absolute atomic E-state index is 0.437. The van der Waals surface area contributed by atoms with Crippen LogP contribution in [0.1, 0.15) is 18.9 Å². The Hall–Kier alpha value is -1.68. The van der Waals surface area contributed by atoms with Gasteiger partial charge in [-0.3, -0.25) is 0 Å². The van der Waals surface area contributed by atoms with Crippen molar-refractivity contribution in [2.45, 2.75) is 13.3 Å². The molecule has 19 heavy (non-hydrogen) atoms. The predicted molar refractivity (Wildman–Crippen MR) is 83.6 cm³/mol. The number of fused-ring (bicyclic) bond motifs is 1. The second kappa shape index (κ2) is 4.78. The lowest BCUT2D eigenvalue weighted by molar-refractivity contribution is 0.659. The van der Waals surface area contributed by atoms with E-state index in [9.17, 15) is 0 Å². The van der Waals surface area contributed by atoms with Gasteiger partial charge in [-0.1, -0.05) is 37.3 Å². The molecular weight excluding hydrogens is 254 g/mol. The van der Waals surface area contributed by atoms with Gasteiger partial charge in [0.25, 0.3) is 0 Å². The molecule has 3 rings (SSSR count). The highest BCUT2D eigenvalue weighted by atomic mass is 32.1. The van der Waals surface area contributed by atoms with Crippen LogP contribution in [-0.2, 0) is 0 Å². The summed E-state index contributed by atoms with van der Waals surface area (Å²) in [5.41, 5.74) is 7.75. The summed E-state index contributed by atoms with van der Waals surface area (Å²) in [6.45, 7) is 4.39. The van der Waals surface area contributed by atoms with Gasteiger partial charge in [0.1, 0.15) is 10.8 Å². The summed E-state index contributed by atoms with van der Waals surface area (Å²) in [6.07, 6.45) is 1.22. The standard InChI is InChI=1S/C15H17N3S/c1-10-6-7-18(9-10)14-8-12(15(16)19)11-4-2-3-5-13(11)17-14/h2-5,8,10H,6-7,9H2,1H3,(H2,16,19). The number of nitrogens with two attached hydrogens (primary N) is 1. The van der Waals surface area contributed by atoms with Crippen LogP contribution in [0.4, 0.5) is 5.82 Å². The van der Waals surface area contributed by atoms with E-state index in [2.05, 4.69) is 11.8 Å². The van der Waals surface area contributed by atoms with Gasteiger partial charge in [-0.25, -0.2) is 4.98 Å². The monoisotopic (exact) mass is 271 g/mol. The quantitative estimate of drug-likeness (QED) is 0.853. The van der Waals surface area contributed by atoms with Gasteiger partial charge in [0.05, 0.1) is 5.52 Å². The van der Waals surface area contributed by atoms with Crippen LogP contribution in [0.15, 0.2) is 30.3 Å². The fourth-order valence-corrected chi connectivity index (χ4v) is 2.84. The molecule has 0 spiro atoms. The summed E-state index contributed by atoms with van der Waals surface area (Å²) in [7, 11) is 0. The van der Waals surface area contributed by atoms with Crippen molar-refractivity contribution < 1.29 is 0 Å². The molecule has 4 heteroatoms. The number of nitrogens with zero attached hydrogens (tertiary/aromatic N) is 2. The average molecular weight is 271 g/mol. The van der Waals surface area contributed by atoms with E-state index in [-0.39, 0.29) is 0 Å². The molecule has 1 saturated heterocycles. The largest absolute Gasteiger partial charge is 0.389 e. The van der Waals surface area contributed by atoms with Crippen LogP contribution in [0.3, 0.4) is 0 Å². The average Bonchev–Trinajstić information content (AvgIpc) is 2.84. The second-order valence-electron chi connectivity index (χ2n) is 5.25. The lowest BCUT2D eigenvalue weighted by atomic mass is 10.1. The van der Waals surface area contributed by atoms with E-state index >= 15 is 0 Å². The van der Waals surface area contributed by atoms with Crippen molar-refractivity contribution in [2.24, 2.45) is 11.7 Å². The van der Waals surface area contributed by atoms with Crippen LogP contribution in [0.5, 0.6) is 0 Å². The third-order valence-electron chi connectivity index (χ3n) is 3.72. The molecule has 2 heterocycles. The van der Waals surface area contributed by atoms with Crippen LogP contribution in [-0.4, -0.2) is 23.1 Å². The molecule has 98 valence electrons. The summed E-state index contributed by atoms with van der Waals surface area (Å²) >= 11 is 5.18. The molecule has 0 saturated carbocycles. The van der Waals surface area contributed by atoms with Crippen molar-refractivity contribution in [3.8, 4) is 0 Å². The number of pyridine rings is 1. The van der Waals surface area contributed by atoms with Crippen molar-refractivity contribution in [1.29, 1.82) is 0 Å². The topological polar surface area (TPSA) is 42.1 Å². The summed E-state index contributed by atoms with van der Waals surface area (Å²) in [5.74, 6) is 1.72. The lowest BCUT2D eigenvalue weighted by Crippen LogP contribution is -2.21. The summed E-state index contributed by atoms with van der Waals surface area (Å²) in [6, 6.07) is 10.1. The van der Waals surface area contributed by atoms with Crippen LogP contribution in [0.25, 0.3) is 10.9 Å². The molecule has 1 aromatic carbocycles. The first-order valence-corrected chi connectivity index (χ1v) is 7.00. The number of benzene rings is 1. The highest BCUT2D eigenvalue weighted by Crippen LogP contribution is 2.26. The highest BCUT2D eigenvalue weighted by molar-refractivity contribution is 7.80. The minimum atomic E-state index is 0.437. The van der Waals surface area contributed by atoms with Crippen LogP contribution < -0.4 is 10.6 Å². The van der Waals surface area contributed by atoms with E-state index in [4.69, 9.17) is 22.9 Å². The third-order valence-corrected chi connectivity index (χ3v) is 3.94. The molecule has 1 unspecified atom stereocenters. The number of rotatable bonds is 2. The summed E-state index contributed by atoms with van der Waals surface area (Å²) in [5, 5.41) is 1.03. The van der Waals surface area contributed by atoms with Gasteiger partial charge in [0, 0.05) is 24.0 Å². The number of hydrogen-bond donors (Lipinski definition) is 1. The molecule has 1 aliphatic rings. The molecule has 1 aliphatic heterocycles. The molecule has 1 atom stereocenters. The third kappa shape index (κ3) is 2.28. The SMILES string of the molecule is CC1CCN(c2cc(C(N)=S)c3ccccc3n2)C1. The first-order valence-electron chi connectivity index (χ1n) is 6.59. The summed E-state index contributed by atoms with van der Waals surface area (Å²) < 4.78 is 0.